The Labute approximate surface area is 135 Å². The lowest BCUT2D eigenvalue weighted by Crippen LogP contribution is -2.44. The molecule has 6 heteroatoms. The van der Waals surface area contributed by atoms with E-state index in [1.807, 2.05) is 13.8 Å². The molecule has 1 aromatic rings. The molecule has 1 rings (SSSR count). The van der Waals surface area contributed by atoms with E-state index in [9.17, 15) is 4.79 Å². The van der Waals surface area contributed by atoms with Crippen molar-refractivity contribution in [3.8, 4) is 5.75 Å². The summed E-state index contributed by atoms with van der Waals surface area (Å²) in [7, 11) is 0. The number of nitrogens with zero attached hydrogens (tertiary/aromatic N) is 1. The molecule has 0 saturated carbocycles. The second-order valence-corrected chi connectivity index (χ2v) is 5.46. The summed E-state index contributed by atoms with van der Waals surface area (Å²) in [5.74, 6) is 0.343. The van der Waals surface area contributed by atoms with Gasteiger partial charge in [0.15, 0.2) is 6.61 Å². The minimum atomic E-state index is -0.149. The summed E-state index contributed by atoms with van der Waals surface area (Å²) in [5.41, 5.74) is 0. The lowest BCUT2D eigenvalue weighted by Gasteiger charge is -2.30. The maximum absolute atomic E-state index is 12.2. The van der Waals surface area contributed by atoms with Crippen LogP contribution in [0.15, 0.2) is 18.2 Å². The average Bonchev–Trinajstić information content (AvgIpc) is 2.48. The molecule has 0 bridgehead atoms. The Kier molecular flexibility index (Phi) is 7.86. The molecule has 0 saturated heterocycles. The topological polar surface area (TPSA) is 49.8 Å². The standard InChI is InChI=1S/C15H21Cl2NO3/c1-3-11(4-2)18(7-8-19)15(20)10-21-12-5-6-13(16)14(17)9-12/h5-6,9,11,19H,3-4,7-8,10H2,1-2H3. The fraction of sp³-hybridized carbons (Fsp3) is 0.533. The lowest BCUT2D eigenvalue weighted by atomic mass is 10.1. The van der Waals surface area contributed by atoms with E-state index in [4.69, 9.17) is 33.0 Å². The summed E-state index contributed by atoms with van der Waals surface area (Å²) in [4.78, 5) is 13.9. The molecule has 1 N–H and O–H groups in total. The number of halogens is 2. The van der Waals surface area contributed by atoms with Gasteiger partial charge in [-0.25, -0.2) is 0 Å². The van der Waals surface area contributed by atoms with Crippen molar-refractivity contribution in [1.82, 2.24) is 4.90 Å². The van der Waals surface area contributed by atoms with Crippen molar-refractivity contribution in [3.63, 3.8) is 0 Å². The molecule has 0 heterocycles. The second-order valence-electron chi connectivity index (χ2n) is 4.65. The summed E-state index contributed by atoms with van der Waals surface area (Å²) < 4.78 is 5.45. The van der Waals surface area contributed by atoms with Gasteiger partial charge in [-0.1, -0.05) is 37.0 Å². The highest BCUT2D eigenvalue weighted by Gasteiger charge is 2.20. The Morgan fingerprint density at radius 1 is 1.29 bits per heavy atom. The largest absolute Gasteiger partial charge is 0.484 e. The summed E-state index contributed by atoms with van der Waals surface area (Å²) in [5, 5.41) is 9.93. The molecule has 0 aliphatic heterocycles. The minimum absolute atomic E-state index is 0.0605. The maximum Gasteiger partial charge on any atom is 0.260 e. The molecule has 21 heavy (non-hydrogen) atoms. The van der Waals surface area contributed by atoms with Crippen LogP contribution in [0.4, 0.5) is 0 Å². The van der Waals surface area contributed by atoms with Crippen molar-refractivity contribution in [2.45, 2.75) is 32.7 Å². The van der Waals surface area contributed by atoms with Crippen LogP contribution < -0.4 is 4.74 Å². The van der Waals surface area contributed by atoms with Crippen molar-refractivity contribution in [1.29, 1.82) is 0 Å². The molecule has 0 atom stereocenters. The number of aliphatic hydroxyl groups excluding tert-OH is 1. The van der Waals surface area contributed by atoms with Crippen LogP contribution >= 0.6 is 23.2 Å². The Hall–Kier alpha value is -0.970. The number of ether oxygens (including phenoxy) is 1. The second kappa shape index (κ2) is 9.13. The molecule has 0 unspecified atom stereocenters. The molecule has 0 aliphatic carbocycles. The Morgan fingerprint density at radius 2 is 1.95 bits per heavy atom. The summed E-state index contributed by atoms with van der Waals surface area (Å²) in [6.45, 7) is 4.21. The molecule has 0 aliphatic rings. The first-order chi connectivity index (χ1) is 10.0. The van der Waals surface area contributed by atoms with E-state index in [1.165, 1.54) is 0 Å². The monoisotopic (exact) mass is 333 g/mol. The van der Waals surface area contributed by atoms with E-state index < -0.39 is 0 Å². The Morgan fingerprint density at radius 3 is 2.48 bits per heavy atom. The lowest BCUT2D eigenvalue weighted by molar-refractivity contribution is -0.136. The molecule has 0 aromatic heterocycles. The van der Waals surface area contributed by atoms with Gasteiger partial charge in [0, 0.05) is 18.7 Å². The fourth-order valence-electron chi connectivity index (χ4n) is 2.14. The van der Waals surface area contributed by atoms with Crippen LogP contribution in [0.2, 0.25) is 10.0 Å². The highest BCUT2D eigenvalue weighted by Crippen LogP contribution is 2.26. The molecule has 0 fully saturated rings. The van der Waals surface area contributed by atoms with Gasteiger partial charge >= 0.3 is 0 Å². The first kappa shape index (κ1) is 18.1. The number of hydrogen-bond donors (Lipinski definition) is 1. The highest BCUT2D eigenvalue weighted by molar-refractivity contribution is 6.42. The van der Waals surface area contributed by atoms with Crippen LogP contribution in [0.1, 0.15) is 26.7 Å². The molecule has 0 spiro atoms. The summed E-state index contributed by atoms with van der Waals surface area (Å²) >= 11 is 11.7. The van der Waals surface area contributed by atoms with Crippen LogP contribution in [0, 0.1) is 0 Å². The van der Waals surface area contributed by atoms with E-state index in [1.54, 1.807) is 23.1 Å². The number of benzene rings is 1. The van der Waals surface area contributed by atoms with Gasteiger partial charge in [-0.15, -0.1) is 0 Å². The highest BCUT2D eigenvalue weighted by atomic mass is 35.5. The quantitative estimate of drug-likeness (QED) is 0.793. The smallest absolute Gasteiger partial charge is 0.260 e. The van der Waals surface area contributed by atoms with E-state index in [0.29, 0.717) is 22.3 Å². The van der Waals surface area contributed by atoms with Crippen LogP contribution in [0.5, 0.6) is 5.75 Å². The van der Waals surface area contributed by atoms with Gasteiger partial charge < -0.3 is 14.7 Å². The van der Waals surface area contributed by atoms with E-state index >= 15 is 0 Å². The Balaban J connectivity index is 2.66. The van der Waals surface area contributed by atoms with Gasteiger partial charge in [-0.2, -0.15) is 0 Å². The number of carbonyl (C=O) groups excluding carboxylic acids is 1. The van der Waals surface area contributed by atoms with Crippen molar-refractivity contribution < 1.29 is 14.6 Å². The first-order valence-electron chi connectivity index (χ1n) is 7.01. The zero-order valence-corrected chi connectivity index (χ0v) is 13.8. The van der Waals surface area contributed by atoms with Crippen molar-refractivity contribution >= 4 is 29.1 Å². The van der Waals surface area contributed by atoms with Crippen LogP contribution in [0.25, 0.3) is 0 Å². The zero-order chi connectivity index (χ0) is 15.8. The van der Waals surface area contributed by atoms with Gasteiger partial charge in [-0.3, -0.25) is 4.79 Å². The van der Waals surface area contributed by atoms with Crippen molar-refractivity contribution in [3.05, 3.63) is 28.2 Å². The number of aliphatic hydroxyl groups is 1. The van der Waals surface area contributed by atoms with Crippen LogP contribution in [0.3, 0.4) is 0 Å². The Bertz CT molecular complexity index is 464. The third-order valence-electron chi connectivity index (χ3n) is 3.30. The number of carbonyl (C=O) groups is 1. The predicted octanol–water partition coefficient (Wildman–Crippen LogP) is 3.38. The number of amides is 1. The predicted molar refractivity (Wildman–Crippen MR) is 85.1 cm³/mol. The normalized spacial score (nSPS) is 10.8. The van der Waals surface area contributed by atoms with Gasteiger partial charge in [-0.05, 0) is 25.0 Å². The molecule has 0 radical (unpaired) electrons. The minimum Gasteiger partial charge on any atom is -0.484 e. The fourth-order valence-corrected chi connectivity index (χ4v) is 2.43. The molecule has 1 amide bonds. The van der Waals surface area contributed by atoms with E-state index in [2.05, 4.69) is 0 Å². The molecular weight excluding hydrogens is 313 g/mol. The SMILES string of the molecule is CCC(CC)N(CCO)C(=O)COc1ccc(Cl)c(Cl)c1. The van der Waals surface area contributed by atoms with Crippen molar-refractivity contribution in [2.75, 3.05) is 19.8 Å². The van der Waals surface area contributed by atoms with E-state index in [-0.39, 0.29) is 25.2 Å². The number of hydrogen-bond acceptors (Lipinski definition) is 3. The van der Waals surface area contributed by atoms with Crippen LogP contribution in [-0.2, 0) is 4.79 Å². The van der Waals surface area contributed by atoms with Gasteiger partial charge in [0.2, 0.25) is 0 Å². The number of rotatable bonds is 8. The molecular formula is C15H21Cl2NO3. The van der Waals surface area contributed by atoms with Crippen molar-refractivity contribution in [2.24, 2.45) is 0 Å². The molecule has 4 nitrogen and oxygen atoms in total. The third-order valence-corrected chi connectivity index (χ3v) is 4.04. The first-order valence-corrected chi connectivity index (χ1v) is 7.77. The van der Waals surface area contributed by atoms with E-state index in [0.717, 1.165) is 12.8 Å². The summed E-state index contributed by atoms with van der Waals surface area (Å²) in [6, 6.07) is 4.97. The van der Waals surface area contributed by atoms with Gasteiger partial charge in [0.1, 0.15) is 5.75 Å². The maximum atomic E-state index is 12.2. The average molecular weight is 334 g/mol. The molecule has 118 valence electrons. The van der Waals surface area contributed by atoms with Crippen LogP contribution in [-0.4, -0.2) is 41.7 Å². The summed E-state index contributed by atoms with van der Waals surface area (Å²) in [6.07, 6.45) is 1.68. The van der Waals surface area contributed by atoms with Gasteiger partial charge in [0.05, 0.1) is 16.7 Å². The zero-order valence-electron chi connectivity index (χ0n) is 12.3. The third kappa shape index (κ3) is 5.38. The van der Waals surface area contributed by atoms with Gasteiger partial charge in [0.25, 0.3) is 5.91 Å². The molecule has 1 aromatic carbocycles.